The fourth-order valence-electron chi connectivity index (χ4n) is 2.57. The molecule has 2 aromatic heterocycles. The fourth-order valence-corrected chi connectivity index (χ4v) is 2.57. The molecule has 5 nitrogen and oxygen atoms in total. The van der Waals surface area contributed by atoms with E-state index in [9.17, 15) is 4.79 Å². The smallest absolute Gasteiger partial charge is 0.339 e. The van der Waals surface area contributed by atoms with E-state index in [1.807, 2.05) is 18.3 Å². The summed E-state index contributed by atoms with van der Waals surface area (Å²) in [6.07, 6.45) is 5.46. The second kappa shape index (κ2) is 4.42. The van der Waals surface area contributed by atoms with Crippen LogP contribution in [0.1, 0.15) is 34.7 Å². The van der Waals surface area contributed by atoms with Crippen molar-refractivity contribution in [2.75, 3.05) is 13.1 Å². The van der Waals surface area contributed by atoms with Gasteiger partial charge in [-0.25, -0.2) is 9.31 Å². The maximum absolute atomic E-state index is 11.1. The van der Waals surface area contributed by atoms with Crippen LogP contribution in [0, 0.1) is 0 Å². The lowest BCUT2D eigenvalue weighted by molar-refractivity contribution is 0.0699. The molecule has 0 saturated carbocycles. The average molecular weight is 245 g/mol. The van der Waals surface area contributed by atoms with Gasteiger partial charge < -0.3 is 10.4 Å². The molecule has 5 heteroatoms. The number of piperidine rings is 1. The highest BCUT2D eigenvalue weighted by molar-refractivity contribution is 5.95. The lowest BCUT2D eigenvalue weighted by Gasteiger charge is -2.23. The SMILES string of the molecule is O=C(O)c1cnn2ccc(C3CCNCC3)cc12. The van der Waals surface area contributed by atoms with E-state index in [0.717, 1.165) is 25.9 Å². The first-order valence-corrected chi connectivity index (χ1v) is 6.17. The highest BCUT2D eigenvalue weighted by Gasteiger charge is 2.17. The van der Waals surface area contributed by atoms with E-state index in [4.69, 9.17) is 5.11 Å². The van der Waals surface area contributed by atoms with Crippen LogP contribution in [-0.4, -0.2) is 33.8 Å². The Labute approximate surface area is 104 Å². The first-order valence-electron chi connectivity index (χ1n) is 6.17. The number of aromatic nitrogens is 2. The molecule has 0 bridgehead atoms. The first kappa shape index (κ1) is 11.2. The largest absolute Gasteiger partial charge is 0.478 e. The summed E-state index contributed by atoms with van der Waals surface area (Å²) in [6.45, 7) is 2.06. The van der Waals surface area contributed by atoms with Crippen LogP contribution in [-0.2, 0) is 0 Å². The molecule has 18 heavy (non-hydrogen) atoms. The van der Waals surface area contributed by atoms with E-state index in [1.165, 1.54) is 11.8 Å². The van der Waals surface area contributed by atoms with E-state index in [-0.39, 0.29) is 5.56 Å². The molecule has 1 aliphatic heterocycles. The number of hydrogen-bond donors (Lipinski definition) is 2. The van der Waals surface area contributed by atoms with Crippen LogP contribution < -0.4 is 5.32 Å². The van der Waals surface area contributed by atoms with Crippen molar-refractivity contribution in [1.29, 1.82) is 0 Å². The van der Waals surface area contributed by atoms with E-state index >= 15 is 0 Å². The summed E-state index contributed by atoms with van der Waals surface area (Å²) in [5.74, 6) is -0.403. The lowest BCUT2D eigenvalue weighted by atomic mass is 9.90. The molecule has 0 aliphatic carbocycles. The number of hydrogen-bond acceptors (Lipinski definition) is 3. The highest BCUT2D eigenvalue weighted by Crippen LogP contribution is 2.26. The second-order valence-corrected chi connectivity index (χ2v) is 4.68. The molecule has 0 spiro atoms. The Balaban J connectivity index is 2.03. The Hall–Kier alpha value is -1.88. The maximum atomic E-state index is 11.1. The van der Waals surface area contributed by atoms with Crippen LogP contribution in [0.5, 0.6) is 0 Å². The number of nitrogens with zero attached hydrogens (tertiary/aromatic N) is 2. The Morgan fingerprint density at radius 2 is 2.22 bits per heavy atom. The molecule has 3 rings (SSSR count). The summed E-state index contributed by atoms with van der Waals surface area (Å²) in [6, 6.07) is 4.01. The molecular weight excluding hydrogens is 230 g/mol. The highest BCUT2D eigenvalue weighted by atomic mass is 16.4. The monoisotopic (exact) mass is 245 g/mol. The standard InChI is InChI=1S/C13H15N3O2/c17-13(18)11-8-15-16-6-3-10(7-12(11)16)9-1-4-14-5-2-9/h3,6-9,14H,1-2,4-5H2,(H,17,18). The molecule has 0 amide bonds. The molecular formula is C13H15N3O2. The van der Waals surface area contributed by atoms with Gasteiger partial charge in [-0.05, 0) is 49.5 Å². The molecule has 0 unspecified atom stereocenters. The molecule has 0 radical (unpaired) electrons. The van der Waals surface area contributed by atoms with E-state index in [0.29, 0.717) is 11.4 Å². The Bertz CT molecular complexity index is 585. The third kappa shape index (κ3) is 1.86. The minimum Gasteiger partial charge on any atom is -0.478 e. The Kier molecular flexibility index (Phi) is 2.76. The van der Waals surface area contributed by atoms with Crippen molar-refractivity contribution in [2.24, 2.45) is 0 Å². The quantitative estimate of drug-likeness (QED) is 0.841. The zero-order valence-corrected chi connectivity index (χ0v) is 9.97. The fraction of sp³-hybridized carbons (Fsp3) is 0.385. The summed E-state index contributed by atoms with van der Waals surface area (Å²) >= 11 is 0. The Morgan fingerprint density at radius 1 is 1.44 bits per heavy atom. The van der Waals surface area contributed by atoms with E-state index in [2.05, 4.69) is 10.4 Å². The van der Waals surface area contributed by atoms with Gasteiger partial charge in [0, 0.05) is 6.20 Å². The van der Waals surface area contributed by atoms with Crippen LogP contribution in [0.4, 0.5) is 0 Å². The number of fused-ring (bicyclic) bond motifs is 1. The molecule has 3 heterocycles. The molecule has 1 aliphatic rings. The van der Waals surface area contributed by atoms with Crippen molar-refractivity contribution in [3.63, 3.8) is 0 Å². The van der Waals surface area contributed by atoms with Crippen molar-refractivity contribution >= 4 is 11.5 Å². The second-order valence-electron chi connectivity index (χ2n) is 4.68. The number of pyridine rings is 1. The van der Waals surface area contributed by atoms with Crippen molar-refractivity contribution in [1.82, 2.24) is 14.9 Å². The summed E-state index contributed by atoms with van der Waals surface area (Å²) in [4.78, 5) is 11.1. The zero-order chi connectivity index (χ0) is 12.5. The van der Waals surface area contributed by atoms with Gasteiger partial charge in [0.15, 0.2) is 0 Å². The van der Waals surface area contributed by atoms with Gasteiger partial charge in [0.1, 0.15) is 5.56 Å². The van der Waals surface area contributed by atoms with Crippen LogP contribution >= 0.6 is 0 Å². The van der Waals surface area contributed by atoms with Crippen LogP contribution in [0.3, 0.4) is 0 Å². The molecule has 94 valence electrons. The van der Waals surface area contributed by atoms with Crippen molar-refractivity contribution in [3.8, 4) is 0 Å². The zero-order valence-electron chi connectivity index (χ0n) is 9.97. The number of aromatic carboxylic acids is 1. The van der Waals surface area contributed by atoms with Crippen molar-refractivity contribution in [2.45, 2.75) is 18.8 Å². The topological polar surface area (TPSA) is 66.6 Å². The van der Waals surface area contributed by atoms with Gasteiger partial charge in [-0.1, -0.05) is 0 Å². The van der Waals surface area contributed by atoms with Crippen LogP contribution in [0.15, 0.2) is 24.5 Å². The molecule has 2 N–H and O–H groups in total. The first-order chi connectivity index (χ1) is 8.75. The maximum Gasteiger partial charge on any atom is 0.339 e. The predicted molar refractivity (Wildman–Crippen MR) is 67.0 cm³/mol. The summed E-state index contributed by atoms with van der Waals surface area (Å²) in [7, 11) is 0. The average Bonchev–Trinajstić information content (AvgIpc) is 2.82. The van der Waals surface area contributed by atoms with Gasteiger partial charge in [-0.3, -0.25) is 0 Å². The molecule has 0 aromatic carbocycles. The van der Waals surface area contributed by atoms with Crippen LogP contribution in [0.2, 0.25) is 0 Å². The van der Waals surface area contributed by atoms with Crippen molar-refractivity contribution in [3.05, 3.63) is 35.7 Å². The number of nitrogens with one attached hydrogen (secondary N) is 1. The van der Waals surface area contributed by atoms with Crippen molar-refractivity contribution < 1.29 is 9.90 Å². The van der Waals surface area contributed by atoms with Gasteiger partial charge in [0.25, 0.3) is 0 Å². The number of carboxylic acid groups (broad SMARTS) is 1. The summed E-state index contributed by atoms with van der Waals surface area (Å²) in [5, 5.41) is 16.5. The van der Waals surface area contributed by atoms with Gasteiger partial charge in [0.05, 0.1) is 11.7 Å². The lowest BCUT2D eigenvalue weighted by Crippen LogP contribution is -2.26. The van der Waals surface area contributed by atoms with Gasteiger partial charge in [-0.15, -0.1) is 0 Å². The predicted octanol–water partition coefficient (Wildman–Crippen LogP) is 1.50. The van der Waals surface area contributed by atoms with Gasteiger partial charge in [0.2, 0.25) is 0 Å². The molecule has 1 fully saturated rings. The molecule has 0 atom stereocenters. The normalized spacial score (nSPS) is 17.1. The third-order valence-corrected chi connectivity index (χ3v) is 3.59. The molecule has 2 aromatic rings. The minimum absolute atomic E-state index is 0.269. The minimum atomic E-state index is -0.924. The van der Waals surface area contributed by atoms with E-state index in [1.54, 1.807) is 4.52 Å². The summed E-state index contributed by atoms with van der Waals surface area (Å²) < 4.78 is 1.62. The number of carbonyl (C=O) groups is 1. The molecule has 1 saturated heterocycles. The van der Waals surface area contributed by atoms with Crippen LogP contribution in [0.25, 0.3) is 5.52 Å². The Morgan fingerprint density at radius 3 is 2.94 bits per heavy atom. The van der Waals surface area contributed by atoms with Gasteiger partial charge in [-0.2, -0.15) is 5.10 Å². The number of rotatable bonds is 2. The summed E-state index contributed by atoms with van der Waals surface area (Å²) in [5.41, 5.74) is 2.16. The number of carboxylic acids is 1. The van der Waals surface area contributed by atoms with Gasteiger partial charge >= 0.3 is 5.97 Å². The van der Waals surface area contributed by atoms with E-state index < -0.39 is 5.97 Å². The third-order valence-electron chi connectivity index (χ3n) is 3.59.